The van der Waals surface area contributed by atoms with Crippen LogP contribution in [0.15, 0.2) is 23.1 Å². The van der Waals surface area contributed by atoms with Gasteiger partial charge in [-0.1, -0.05) is 6.07 Å². The lowest BCUT2D eigenvalue weighted by Gasteiger charge is -2.06. The number of aryl methyl sites for hydroxylation is 1. The first kappa shape index (κ1) is 10.1. The van der Waals surface area contributed by atoms with Crippen LogP contribution in [-0.4, -0.2) is 19.1 Å². The van der Waals surface area contributed by atoms with Gasteiger partial charge in [0.15, 0.2) is 0 Å². The number of benzene rings is 1. The lowest BCUT2D eigenvalue weighted by molar-refractivity contribution is -0.105. The zero-order valence-electron chi connectivity index (χ0n) is 7.74. The molecule has 0 heterocycles. The van der Waals surface area contributed by atoms with Gasteiger partial charge in [-0.05, 0) is 24.6 Å². The molecule has 0 saturated heterocycles. The van der Waals surface area contributed by atoms with E-state index in [1.54, 1.807) is 7.11 Å². The second kappa shape index (κ2) is 4.92. The van der Waals surface area contributed by atoms with E-state index in [1.807, 2.05) is 25.1 Å². The molecule has 0 N–H and O–H groups in total. The van der Waals surface area contributed by atoms with Gasteiger partial charge in [0, 0.05) is 0 Å². The molecule has 0 unspecified atom stereocenters. The summed E-state index contributed by atoms with van der Waals surface area (Å²) in [7, 11) is 1.63. The number of rotatable bonds is 4. The van der Waals surface area contributed by atoms with Gasteiger partial charge in [-0.15, -0.1) is 11.8 Å². The van der Waals surface area contributed by atoms with E-state index < -0.39 is 0 Å². The van der Waals surface area contributed by atoms with Crippen LogP contribution in [0.4, 0.5) is 0 Å². The van der Waals surface area contributed by atoms with Crippen LogP contribution >= 0.6 is 11.8 Å². The highest BCUT2D eigenvalue weighted by Gasteiger charge is 2.02. The van der Waals surface area contributed by atoms with Crippen LogP contribution < -0.4 is 4.74 Å². The molecule has 0 aliphatic rings. The minimum atomic E-state index is 0.472. The van der Waals surface area contributed by atoms with Crippen LogP contribution in [0.25, 0.3) is 0 Å². The lowest BCUT2D eigenvalue weighted by Crippen LogP contribution is -1.88. The Morgan fingerprint density at radius 2 is 2.31 bits per heavy atom. The largest absolute Gasteiger partial charge is 0.496 e. The van der Waals surface area contributed by atoms with Gasteiger partial charge < -0.3 is 9.53 Å². The van der Waals surface area contributed by atoms with Crippen molar-refractivity contribution in [3.05, 3.63) is 23.8 Å². The van der Waals surface area contributed by atoms with Crippen LogP contribution in [0, 0.1) is 6.92 Å². The molecule has 70 valence electrons. The van der Waals surface area contributed by atoms with E-state index in [2.05, 4.69) is 0 Å². The topological polar surface area (TPSA) is 26.3 Å². The molecular weight excluding hydrogens is 184 g/mol. The predicted octanol–water partition coefficient (Wildman–Crippen LogP) is 2.29. The fraction of sp³-hybridized carbons (Fsp3) is 0.300. The zero-order valence-corrected chi connectivity index (χ0v) is 8.56. The molecule has 0 bridgehead atoms. The second-order valence-electron chi connectivity index (χ2n) is 2.63. The summed E-state index contributed by atoms with van der Waals surface area (Å²) in [6.07, 6.45) is 0.895. The van der Waals surface area contributed by atoms with Crippen LogP contribution in [0.1, 0.15) is 5.56 Å². The van der Waals surface area contributed by atoms with Crippen molar-refractivity contribution in [3.8, 4) is 5.75 Å². The number of thioether (sulfide) groups is 1. The predicted molar refractivity (Wildman–Crippen MR) is 54.5 cm³/mol. The summed E-state index contributed by atoms with van der Waals surface area (Å²) in [5, 5.41) is 0. The van der Waals surface area contributed by atoms with E-state index >= 15 is 0 Å². The molecule has 2 nitrogen and oxygen atoms in total. The van der Waals surface area contributed by atoms with Gasteiger partial charge in [-0.2, -0.15) is 0 Å². The Balaban J connectivity index is 2.87. The van der Waals surface area contributed by atoms with Crippen LogP contribution in [0.5, 0.6) is 5.75 Å². The monoisotopic (exact) mass is 196 g/mol. The molecule has 0 saturated carbocycles. The average molecular weight is 196 g/mol. The van der Waals surface area contributed by atoms with Gasteiger partial charge in [0.1, 0.15) is 12.0 Å². The van der Waals surface area contributed by atoms with Crippen LogP contribution in [-0.2, 0) is 4.79 Å². The van der Waals surface area contributed by atoms with Gasteiger partial charge in [-0.25, -0.2) is 0 Å². The number of carbonyl (C=O) groups excluding carboxylic acids is 1. The average Bonchev–Trinajstić information content (AvgIpc) is 2.15. The summed E-state index contributed by atoms with van der Waals surface area (Å²) in [6.45, 7) is 2.02. The van der Waals surface area contributed by atoms with Gasteiger partial charge in [0.2, 0.25) is 0 Å². The molecule has 0 aromatic heterocycles. The highest BCUT2D eigenvalue weighted by Crippen LogP contribution is 2.29. The maximum atomic E-state index is 10.2. The van der Waals surface area contributed by atoms with Crippen LogP contribution in [0.3, 0.4) is 0 Å². The third kappa shape index (κ3) is 2.77. The summed E-state index contributed by atoms with van der Waals surface area (Å²) < 4.78 is 5.16. The minimum absolute atomic E-state index is 0.472. The molecule has 0 aliphatic heterocycles. The Morgan fingerprint density at radius 3 is 2.92 bits per heavy atom. The molecule has 1 aromatic rings. The molecule has 3 heteroatoms. The van der Waals surface area contributed by atoms with Gasteiger partial charge >= 0.3 is 0 Å². The Kier molecular flexibility index (Phi) is 3.83. The molecule has 1 rings (SSSR count). The van der Waals surface area contributed by atoms with Crippen molar-refractivity contribution in [1.82, 2.24) is 0 Å². The molecule has 0 atom stereocenters. The van der Waals surface area contributed by atoms with E-state index in [0.717, 1.165) is 16.9 Å². The van der Waals surface area contributed by atoms with E-state index in [4.69, 9.17) is 4.74 Å². The SMILES string of the molecule is COc1ccc(C)cc1SCC=O. The molecule has 0 amide bonds. The summed E-state index contributed by atoms with van der Waals surface area (Å²) in [5.74, 6) is 1.30. The summed E-state index contributed by atoms with van der Waals surface area (Å²) in [5.41, 5.74) is 1.18. The molecule has 13 heavy (non-hydrogen) atoms. The first-order valence-corrected chi connectivity index (χ1v) is 4.97. The smallest absolute Gasteiger partial charge is 0.132 e. The second-order valence-corrected chi connectivity index (χ2v) is 3.69. The third-order valence-electron chi connectivity index (χ3n) is 1.63. The van der Waals surface area contributed by atoms with Crippen molar-refractivity contribution < 1.29 is 9.53 Å². The normalized spacial score (nSPS) is 9.69. The van der Waals surface area contributed by atoms with Crippen LogP contribution in [0.2, 0.25) is 0 Å². The molecular formula is C10H12O2S. The van der Waals surface area contributed by atoms with Crippen molar-refractivity contribution in [2.24, 2.45) is 0 Å². The first-order valence-electron chi connectivity index (χ1n) is 3.99. The Hall–Kier alpha value is -0.960. The molecule has 0 spiro atoms. The quantitative estimate of drug-likeness (QED) is 0.546. The van der Waals surface area contributed by atoms with Crippen molar-refractivity contribution in [1.29, 1.82) is 0 Å². The number of methoxy groups -OCH3 is 1. The fourth-order valence-electron chi connectivity index (χ4n) is 1.02. The highest BCUT2D eigenvalue weighted by atomic mass is 32.2. The number of aldehydes is 1. The Labute approximate surface area is 82.3 Å². The molecule has 0 radical (unpaired) electrons. The molecule has 1 aromatic carbocycles. The highest BCUT2D eigenvalue weighted by molar-refractivity contribution is 8.00. The molecule has 0 fully saturated rings. The number of hydrogen-bond acceptors (Lipinski definition) is 3. The number of ether oxygens (including phenoxy) is 1. The van der Waals surface area contributed by atoms with Crippen molar-refractivity contribution in [2.45, 2.75) is 11.8 Å². The van der Waals surface area contributed by atoms with E-state index in [9.17, 15) is 4.79 Å². The van der Waals surface area contributed by atoms with Crippen molar-refractivity contribution in [3.63, 3.8) is 0 Å². The van der Waals surface area contributed by atoms with Crippen molar-refractivity contribution >= 4 is 18.0 Å². The Bertz CT molecular complexity index is 297. The standard InChI is InChI=1S/C10H12O2S/c1-8-3-4-9(12-2)10(7-8)13-6-5-11/h3-5,7H,6H2,1-2H3. The molecule has 0 aliphatic carbocycles. The van der Waals surface area contributed by atoms with Crippen molar-refractivity contribution in [2.75, 3.05) is 12.9 Å². The van der Waals surface area contributed by atoms with Gasteiger partial charge in [-0.3, -0.25) is 0 Å². The van der Waals surface area contributed by atoms with E-state index in [1.165, 1.54) is 17.3 Å². The fourth-order valence-corrected chi connectivity index (χ4v) is 1.83. The van der Waals surface area contributed by atoms with E-state index in [0.29, 0.717) is 5.75 Å². The first-order chi connectivity index (χ1) is 6.27. The lowest BCUT2D eigenvalue weighted by atomic mass is 10.2. The summed E-state index contributed by atoms with van der Waals surface area (Å²) >= 11 is 1.49. The summed E-state index contributed by atoms with van der Waals surface area (Å²) in [6, 6.07) is 5.93. The number of carbonyl (C=O) groups is 1. The maximum Gasteiger partial charge on any atom is 0.132 e. The minimum Gasteiger partial charge on any atom is -0.496 e. The third-order valence-corrected chi connectivity index (χ3v) is 2.56. The zero-order chi connectivity index (χ0) is 9.68. The number of hydrogen-bond donors (Lipinski definition) is 0. The Morgan fingerprint density at radius 1 is 1.54 bits per heavy atom. The summed E-state index contributed by atoms with van der Waals surface area (Å²) in [4.78, 5) is 11.2. The van der Waals surface area contributed by atoms with Gasteiger partial charge in [0.05, 0.1) is 17.8 Å². The van der Waals surface area contributed by atoms with E-state index in [-0.39, 0.29) is 0 Å². The van der Waals surface area contributed by atoms with Gasteiger partial charge in [0.25, 0.3) is 0 Å². The maximum absolute atomic E-state index is 10.2.